The molecule has 0 aromatic heterocycles. The van der Waals surface area contributed by atoms with Crippen LogP contribution in [-0.2, 0) is 14.3 Å². The number of amides is 1. The molecule has 1 N–H and O–H groups in total. The fourth-order valence-electron chi connectivity index (χ4n) is 3.38. The van der Waals surface area contributed by atoms with Crippen molar-refractivity contribution in [3.8, 4) is 5.75 Å². The van der Waals surface area contributed by atoms with Crippen molar-refractivity contribution in [2.75, 3.05) is 26.9 Å². The summed E-state index contributed by atoms with van der Waals surface area (Å²) in [5.74, 6) is -1.03. The summed E-state index contributed by atoms with van der Waals surface area (Å²) >= 11 is 3.43. The number of ketones is 1. The average Bonchev–Trinajstić information content (AvgIpc) is 2.97. The van der Waals surface area contributed by atoms with Gasteiger partial charge in [-0.25, -0.2) is 0 Å². The molecule has 152 valence electrons. The van der Waals surface area contributed by atoms with Crippen LogP contribution in [0, 0.1) is 0 Å². The van der Waals surface area contributed by atoms with Crippen LogP contribution in [0.5, 0.6) is 5.75 Å². The normalized spacial score (nSPS) is 18.3. The van der Waals surface area contributed by atoms with E-state index in [0.717, 1.165) is 10.0 Å². The molecule has 0 saturated carbocycles. The van der Waals surface area contributed by atoms with Crippen LogP contribution >= 0.6 is 15.9 Å². The van der Waals surface area contributed by atoms with Crippen molar-refractivity contribution in [2.45, 2.75) is 13.0 Å². The van der Waals surface area contributed by atoms with Crippen LogP contribution in [0.4, 0.5) is 0 Å². The zero-order valence-corrected chi connectivity index (χ0v) is 17.8. The van der Waals surface area contributed by atoms with E-state index >= 15 is 0 Å². The number of methoxy groups -OCH3 is 1. The molecule has 1 aliphatic heterocycles. The van der Waals surface area contributed by atoms with E-state index in [1.165, 1.54) is 12.0 Å². The van der Waals surface area contributed by atoms with E-state index in [1.807, 2.05) is 31.2 Å². The second-order valence-electron chi connectivity index (χ2n) is 6.50. The van der Waals surface area contributed by atoms with Gasteiger partial charge >= 0.3 is 0 Å². The molecule has 7 heteroatoms. The number of nitrogens with zero attached hydrogens (tertiary/aromatic N) is 1. The number of carbonyl (C=O) groups excluding carboxylic acids is 2. The monoisotopic (exact) mass is 459 g/mol. The third-order valence-electron chi connectivity index (χ3n) is 4.66. The number of ether oxygens (including phenoxy) is 2. The van der Waals surface area contributed by atoms with Crippen molar-refractivity contribution in [3.05, 3.63) is 69.7 Å². The molecular formula is C22H22BrNO5. The fourth-order valence-corrected chi connectivity index (χ4v) is 3.80. The minimum Gasteiger partial charge on any atom is -0.507 e. The number of hydrogen-bond donors (Lipinski definition) is 1. The van der Waals surface area contributed by atoms with Gasteiger partial charge in [0, 0.05) is 23.7 Å². The number of benzene rings is 2. The molecule has 1 amide bonds. The van der Waals surface area contributed by atoms with Gasteiger partial charge in [0.15, 0.2) is 0 Å². The van der Waals surface area contributed by atoms with Crippen LogP contribution in [0.3, 0.4) is 0 Å². The summed E-state index contributed by atoms with van der Waals surface area (Å²) in [6, 6.07) is 13.5. The van der Waals surface area contributed by atoms with Gasteiger partial charge in [0.2, 0.25) is 0 Å². The molecule has 0 spiro atoms. The first-order chi connectivity index (χ1) is 14.0. The van der Waals surface area contributed by atoms with E-state index in [1.54, 1.807) is 24.3 Å². The maximum absolute atomic E-state index is 12.9. The SMILES string of the molecule is CCOc1cccc(/C(O)=C2\C(=O)C(=O)N(CCOC)C2c2cccc(Br)c2)c1. The number of aliphatic hydroxyl groups excluding tert-OH is 1. The molecule has 1 saturated heterocycles. The average molecular weight is 460 g/mol. The number of Topliss-reactive ketones (excluding diaryl/α,β-unsaturated/α-hetero) is 1. The van der Waals surface area contributed by atoms with E-state index in [2.05, 4.69) is 15.9 Å². The largest absolute Gasteiger partial charge is 0.507 e. The van der Waals surface area contributed by atoms with Crippen molar-refractivity contribution >= 4 is 33.4 Å². The van der Waals surface area contributed by atoms with Gasteiger partial charge in [-0.05, 0) is 36.8 Å². The van der Waals surface area contributed by atoms with E-state index in [-0.39, 0.29) is 24.5 Å². The predicted molar refractivity (Wildman–Crippen MR) is 113 cm³/mol. The Morgan fingerprint density at radius 3 is 2.62 bits per heavy atom. The van der Waals surface area contributed by atoms with Gasteiger partial charge in [0.25, 0.3) is 11.7 Å². The Bertz CT molecular complexity index is 956. The zero-order valence-electron chi connectivity index (χ0n) is 16.2. The Morgan fingerprint density at radius 2 is 1.93 bits per heavy atom. The van der Waals surface area contributed by atoms with Gasteiger partial charge in [0.1, 0.15) is 11.5 Å². The summed E-state index contributed by atoms with van der Waals surface area (Å²) in [7, 11) is 1.53. The summed E-state index contributed by atoms with van der Waals surface area (Å²) in [6.45, 7) is 2.84. The van der Waals surface area contributed by atoms with Crippen LogP contribution in [0.25, 0.3) is 5.76 Å². The molecule has 1 atom stereocenters. The maximum atomic E-state index is 12.9. The van der Waals surface area contributed by atoms with Crippen molar-refractivity contribution in [1.29, 1.82) is 0 Å². The first-order valence-corrected chi connectivity index (χ1v) is 10.0. The number of aliphatic hydroxyl groups is 1. The molecule has 1 heterocycles. The van der Waals surface area contributed by atoms with Gasteiger partial charge < -0.3 is 19.5 Å². The fraction of sp³-hybridized carbons (Fsp3) is 0.273. The highest BCUT2D eigenvalue weighted by Crippen LogP contribution is 2.40. The highest BCUT2D eigenvalue weighted by Gasteiger charge is 2.45. The first kappa shape index (κ1) is 21.1. The quantitative estimate of drug-likeness (QED) is 0.385. The molecule has 1 aliphatic rings. The second-order valence-corrected chi connectivity index (χ2v) is 7.42. The maximum Gasteiger partial charge on any atom is 0.295 e. The Kier molecular flexibility index (Phi) is 6.71. The molecule has 2 aromatic rings. The third kappa shape index (κ3) is 4.36. The molecule has 6 nitrogen and oxygen atoms in total. The Labute approximate surface area is 177 Å². The van der Waals surface area contributed by atoms with Crippen molar-refractivity contribution in [1.82, 2.24) is 4.90 Å². The Hall–Kier alpha value is -2.64. The van der Waals surface area contributed by atoms with Gasteiger partial charge in [-0.1, -0.05) is 40.2 Å². The topological polar surface area (TPSA) is 76.1 Å². The number of hydrogen-bond acceptors (Lipinski definition) is 5. The lowest BCUT2D eigenvalue weighted by Crippen LogP contribution is -2.32. The second kappa shape index (κ2) is 9.24. The lowest BCUT2D eigenvalue weighted by molar-refractivity contribution is -0.140. The molecule has 0 radical (unpaired) electrons. The van der Waals surface area contributed by atoms with Gasteiger partial charge in [-0.15, -0.1) is 0 Å². The number of likely N-dealkylation sites (tertiary alicyclic amines) is 1. The first-order valence-electron chi connectivity index (χ1n) is 9.24. The molecule has 0 aliphatic carbocycles. The van der Waals surface area contributed by atoms with Crippen LogP contribution in [0.15, 0.2) is 58.6 Å². The number of carbonyl (C=O) groups is 2. The smallest absolute Gasteiger partial charge is 0.295 e. The van der Waals surface area contributed by atoms with Crippen molar-refractivity contribution < 1.29 is 24.2 Å². The molecule has 1 fully saturated rings. The van der Waals surface area contributed by atoms with E-state index in [4.69, 9.17) is 9.47 Å². The molecule has 2 aromatic carbocycles. The van der Waals surface area contributed by atoms with Gasteiger partial charge in [0.05, 0.1) is 24.8 Å². The summed E-state index contributed by atoms with van der Waals surface area (Å²) in [6.07, 6.45) is 0. The van der Waals surface area contributed by atoms with E-state index < -0.39 is 17.7 Å². The molecule has 3 rings (SSSR count). The molecule has 0 bridgehead atoms. The van der Waals surface area contributed by atoms with Crippen LogP contribution in [0.1, 0.15) is 24.1 Å². The Balaban J connectivity index is 2.15. The summed E-state index contributed by atoms with van der Waals surface area (Å²) in [4.78, 5) is 27.1. The molecule has 1 unspecified atom stereocenters. The highest BCUT2D eigenvalue weighted by molar-refractivity contribution is 9.10. The highest BCUT2D eigenvalue weighted by atomic mass is 79.9. The third-order valence-corrected chi connectivity index (χ3v) is 5.15. The summed E-state index contributed by atoms with van der Waals surface area (Å²) in [5.41, 5.74) is 1.19. The summed E-state index contributed by atoms with van der Waals surface area (Å²) in [5, 5.41) is 11.0. The minimum absolute atomic E-state index is 0.0536. The van der Waals surface area contributed by atoms with Gasteiger partial charge in [-0.3, -0.25) is 9.59 Å². The number of halogens is 1. The molecular weight excluding hydrogens is 438 g/mol. The van der Waals surface area contributed by atoms with E-state index in [9.17, 15) is 14.7 Å². The number of rotatable bonds is 7. The van der Waals surface area contributed by atoms with E-state index in [0.29, 0.717) is 17.9 Å². The molecule has 29 heavy (non-hydrogen) atoms. The summed E-state index contributed by atoms with van der Waals surface area (Å²) < 4.78 is 11.4. The zero-order chi connectivity index (χ0) is 21.0. The lowest BCUT2D eigenvalue weighted by Gasteiger charge is -2.25. The van der Waals surface area contributed by atoms with Crippen molar-refractivity contribution in [2.24, 2.45) is 0 Å². The van der Waals surface area contributed by atoms with Gasteiger partial charge in [-0.2, -0.15) is 0 Å². The van der Waals surface area contributed by atoms with Crippen LogP contribution in [0.2, 0.25) is 0 Å². The predicted octanol–water partition coefficient (Wildman–Crippen LogP) is 3.92. The minimum atomic E-state index is -0.717. The van der Waals surface area contributed by atoms with Crippen LogP contribution < -0.4 is 4.74 Å². The lowest BCUT2D eigenvalue weighted by atomic mass is 9.95. The van der Waals surface area contributed by atoms with Crippen LogP contribution in [-0.4, -0.2) is 48.6 Å². The standard InChI is InChI=1S/C22H22BrNO5/c1-3-29-17-9-5-7-15(13-17)20(25)18-19(14-6-4-8-16(23)12-14)24(10-11-28-2)22(27)21(18)26/h4-9,12-13,19,25H,3,10-11H2,1-2H3/b20-18+. The van der Waals surface area contributed by atoms with Crippen molar-refractivity contribution in [3.63, 3.8) is 0 Å². The Morgan fingerprint density at radius 1 is 1.17 bits per heavy atom.